The zero-order chi connectivity index (χ0) is 16.8. The highest BCUT2D eigenvalue weighted by Crippen LogP contribution is 2.24. The topological polar surface area (TPSA) is 41.6 Å². The van der Waals surface area contributed by atoms with Crippen LogP contribution in [0.1, 0.15) is 25.3 Å². The molecule has 128 valence electrons. The molecule has 0 bridgehead atoms. The van der Waals surface area contributed by atoms with Gasteiger partial charge in [0.1, 0.15) is 5.82 Å². The van der Waals surface area contributed by atoms with Gasteiger partial charge in [-0.25, -0.2) is 4.39 Å². The Balaban J connectivity index is 1.83. The number of carbonyl (C=O) groups excluding carboxylic acids is 1. The third-order valence-corrected chi connectivity index (χ3v) is 4.56. The molecule has 1 saturated heterocycles. The Morgan fingerprint density at radius 1 is 1.48 bits per heavy atom. The molecule has 6 heteroatoms. The van der Waals surface area contributed by atoms with Gasteiger partial charge < -0.3 is 10.1 Å². The molecule has 4 nitrogen and oxygen atoms in total. The molecule has 0 unspecified atom stereocenters. The van der Waals surface area contributed by atoms with Gasteiger partial charge in [-0.15, -0.1) is 0 Å². The van der Waals surface area contributed by atoms with Crippen LogP contribution in [0.2, 0.25) is 5.02 Å². The number of hydrogen-bond donors (Lipinski definition) is 1. The molecular weight excluding hydrogens is 319 g/mol. The quantitative estimate of drug-likeness (QED) is 0.864. The summed E-state index contributed by atoms with van der Waals surface area (Å²) in [6.45, 7) is 4.45. The molecule has 0 radical (unpaired) electrons. The second-order valence-electron chi connectivity index (χ2n) is 6.12. The minimum Gasteiger partial charge on any atom is -0.383 e. The molecule has 1 heterocycles. The van der Waals surface area contributed by atoms with Crippen molar-refractivity contribution in [2.75, 3.05) is 26.8 Å². The number of likely N-dealkylation sites (tertiary alicyclic amines) is 1. The minimum atomic E-state index is -0.272. The molecule has 1 atom stereocenters. The van der Waals surface area contributed by atoms with Gasteiger partial charge >= 0.3 is 0 Å². The maximum Gasteiger partial charge on any atom is 0.223 e. The number of halogens is 2. The first-order chi connectivity index (χ1) is 11.0. The third-order valence-electron chi connectivity index (χ3n) is 4.21. The SMILES string of the molecule is COC[C@H](C)NC(=O)C1CCN(Cc2c(F)cccc2Cl)CC1. The molecule has 0 aliphatic carbocycles. The van der Waals surface area contributed by atoms with E-state index in [9.17, 15) is 9.18 Å². The maximum atomic E-state index is 13.8. The summed E-state index contributed by atoms with van der Waals surface area (Å²) in [5.74, 6) is -0.175. The van der Waals surface area contributed by atoms with Crippen LogP contribution in [0.5, 0.6) is 0 Å². The average Bonchev–Trinajstić information content (AvgIpc) is 2.52. The fraction of sp³-hybridized carbons (Fsp3) is 0.588. The Morgan fingerprint density at radius 3 is 2.78 bits per heavy atom. The van der Waals surface area contributed by atoms with Crippen LogP contribution >= 0.6 is 11.6 Å². The normalized spacial score (nSPS) is 17.9. The molecule has 0 aromatic heterocycles. The molecule has 0 spiro atoms. The van der Waals surface area contributed by atoms with Crippen molar-refractivity contribution in [3.05, 3.63) is 34.6 Å². The van der Waals surface area contributed by atoms with E-state index in [1.165, 1.54) is 6.07 Å². The van der Waals surface area contributed by atoms with E-state index >= 15 is 0 Å². The lowest BCUT2D eigenvalue weighted by Crippen LogP contribution is -2.44. The van der Waals surface area contributed by atoms with Crippen LogP contribution < -0.4 is 5.32 Å². The van der Waals surface area contributed by atoms with E-state index in [1.807, 2.05) is 6.92 Å². The molecule has 1 N–H and O–H groups in total. The lowest BCUT2D eigenvalue weighted by atomic mass is 9.95. The molecule has 1 aromatic carbocycles. The summed E-state index contributed by atoms with van der Waals surface area (Å²) in [6.07, 6.45) is 1.55. The van der Waals surface area contributed by atoms with Crippen molar-refractivity contribution >= 4 is 17.5 Å². The number of carbonyl (C=O) groups is 1. The van der Waals surface area contributed by atoms with E-state index in [0.717, 1.165) is 25.9 Å². The Hall–Kier alpha value is -1.17. The Bertz CT molecular complexity index is 513. The number of benzene rings is 1. The van der Waals surface area contributed by atoms with E-state index in [-0.39, 0.29) is 23.7 Å². The lowest BCUT2D eigenvalue weighted by Gasteiger charge is -2.32. The minimum absolute atomic E-state index is 0.0154. The maximum absolute atomic E-state index is 13.8. The van der Waals surface area contributed by atoms with Crippen LogP contribution in [-0.2, 0) is 16.1 Å². The van der Waals surface area contributed by atoms with Crippen LogP contribution in [0.15, 0.2) is 18.2 Å². The van der Waals surface area contributed by atoms with Crippen LogP contribution in [0.25, 0.3) is 0 Å². The number of piperidine rings is 1. The molecule has 1 amide bonds. The van der Waals surface area contributed by atoms with Gasteiger partial charge in [-0.1, -0.05) is 17.7 Å². The predicted octanol–water partition coefficient (Wildman–Crippen LogP) is 2.84. The van der Waals surface area contributed by atoms with Crippen molar-refractivity contribution in [1.29, 1.82) is 0 Å². The largest absolute Gasteiger partial charge is 0.383 e. The van der Waals surface area contributed by atoms with Crippen molar-refractivity contribution < 1.29 is 13.9 Å². The van der Waals surface area contributed by atoms with Crippen molar-refractivity contribution in [1.82, 2.24) is 10.2 Å². The summed E-state index contributed by atoms with van der Waals surface area (Å²) in [4.78, 5) is 14.3. The number of methoxy groups -OCH3 is 1. The molecular formula is C17H24ClFN2O2. The van der Waals surface area contributed by atoms with Gasteiger partial charge in [0.2, 0.25) is 5.91 Å². The Morgan fingerprint density at radius 2 is 2.17 bits per heavy atom. The summed E-state index contributed by atoms with van der Waals surface area (Å²) < 4.78 is 18.9. The van der Waals surface area contributed by atoms with Crippen molar-refractivity contribution in [2.24, 2.45) is 5.92 Å². The monoisotopic (exact) mass is 342 g/mol. The molecule has 1 aromatic rings. The second-order valence-corrected chi connectivity index (χ2v) is 6.52. The van der Waals surface area contributed by atoms with E-state index < -0.39 is 0 Å². The summed E-state index contributed by atoms with van der Waals surface area (Å²) in [5.41, 5.74) is 0.533. The van der Waals surface area contributed by atoms with Gasteiger partial charge in [0.25, 0.3) is 0 Å². The number of hydrogen-bond acceptors (Lipinski definition) is 3. The van der Waals surface area contributed by atoms with Gasteiger partial charge in [0.15, 0.2) is 0 Å². The summed E-state index contributed by atoms with van der Waals surface area (Å²) >= 11 is 6.07. The predicted molar refractivity (Wildman–Crippen MR) is 88.9 cm³/mol. The highest BCUT2D eigenvalue weighted by atomic mass is 35.5. The lowest BCUT2D eigenvalue weighted by molar-refractivity contribution is -0.127. The number of nitrogens with one attached hydrogen (secondary N) is 1. The second kappa shape index (κ2) is 8.62. The van der Waals surface area contributed by atoms with Crippen LogP contribution in [0, 0.1) is 11.7 Å². The Labute approximate surface area is 141 Å². The zero-order valence-electron chi connectivity index (χ0n) is 13.6. The molecule has 1 fully saturated rings. The van der Waals surface area contributed by atoms with Crippen molar-refractivity contribution in [2.45, 2.75) is 32.4 Å². The van der Waals surface area contributed by atoms with Crippen molar-refractivity contribution in [3.63, 3.8) is 0 Å². The van der Waals surface area contributed by atoms with Gasteiger partial charge in [-0.3, -0.25) is 9.69 Å². The first kappa shape index (κ1) is 18.2. The molecule has 0 saturated carbocycles. The molecule has 23 heavy (non-hydrogen) atoms. The Kier molecular flexibility index (Phi) is 6.81. The van der Waals surface area contributed by atoms with Gasteiger partial charge in [0, 0.05) is 36.2 Å². The van der Waals surface area contributed by atoms with Gasteiger partial charge in [-0.2, -0.15) is 0 Å². The number of ether oxygens (including phenoxy) is 1. The standard InChI is InChI=1S/C17H24ClFN2O2/c1-12(11-23-2)20-17(22)13-6-8-21(9-7-13)10-14-15(18)4-3-5-16(14)19/h3-5,12-13H,6-11H2,1-2H3,(H,20,22)/t12-/m0/s1. The van der Waals surface area contributed by atoms with Gasteiger partial charge in [0.05, 0.1) is 6.61 Å². The van der Waals surface area contributed by atoms with Crippen LogP contribution in [0.3, 0.4) is 0 Å². The number of nitrogens with zero attached hydrogens (tertiary/aromatic N) is 1. The fourth-order valence-electron chi connectivity index (χ4n) is 2.91. The summed E-state index contributed by atoms with van der Waals surface area (Å²) in [6, 6.07) is 4.76. The summed E-state index contributed by atoms with van der Waals surface area (Å²) in [7, 11) is 1.62. The van der Waals surface area contributed by atoms with Crippen molar-refractivity contribution in [3.8, 4) is 0 Å². The molecule has 1 aliphatic rings. The first-order valence-corrected chi connectivity index (χ1v) is 8.33. The van der Waals surface area contributed by atoms with E-state index in [0.29, 0.717) is 23.7 Å². The molecule has 2 rings (SSSR count). The van der Waals surface area contributed by atoms with Crippen LogP contribution in [-0.4, -0.2) is 43.7 Å². The average molecular weight is 343 g/mol. The highest BCUT2D eigenvalue weighted by molar-refractivity contribution is 6.31. The van der Waals surface area contributed by atoms with Crippen LogP contribution in [0.4, 0.5) is 4.39 Å². The van der Waals surface area contributed by atoms with E-state index in [4.69, 9.17) is 16.3 Å². The van der Waals surface area contributed by atoms with E-state index in [2.05, 4.69) is 10.2 Å². The number of amides is 1. The summed E-state index contributed by atoms with van der Waals surface area (Å²) in [5, 5.41) is 3.43. The van der Waals surface area contributed by atoms with Gasteiger partial charge in [-0.05, 0) is 45.0 Å². The van der Waals surface area contributed by atoms with E-state index in [1.54, 1.807) is 19.2 Å². The highest BCUT2D eigenvalue weighted by Gasteiger charge is 2.26. The first-order valence-electron chi connectivity index (χ1n) is 7.95. The smallest absolute Gasteiger partial charge is 0.223 e. The number of rotatable bonds is 6. The third kappa shape index (κ3) is 5.16. The zero-order valence-corrected chi connectivity index (χ0v) is 14.4. The fourth-order valence-corrected chi connectivity index (χ4v) is 3.14. The molecule has 1 aliphatic heterocycles.